The average Bonchev–Trinajstić information content (AvgIpc) is 2.42. The molecule has 0 radical (unpaired) electrons. The molecule has 0 saturated heterocycles. The first-order valence-corrected chi connectivity index (χ1v) is 4.04. The van der Waals surface area contributed by atoms with Gasteiger partial charge in [0.2, 0.25) is 5.91 Å². The Labute approximate surface area is 60.8 Å². The van der Waals surface area contributed by atoms with Crippen molar-refractivity contribution in [1.29, 1.82) is 0 Å². The second kappa shape index (κ2) is 1.74. The van der Waals surface area contributed by atoms with Crippen LogP contribution in [0, 0.1) is 11.3 Å². The number of hydrogen-bond donors (Lipinski definition) is 1. The zero-order valence-corrected chi connectivity index (χ0v) is 6.10. The predicted molar refractivity (Wildman–Crippen MR) is 38.2 cm³/mol. The zero-order valence-electron chi connectivity index (χ0n) is 6.10. The number of nitrogens with two attached hydrogens (primary N) is 1. The van der Waals surface area contributed by atoms with Crippen LogP contribution in [0.3, 0.4) is 0 Å². The molecule has 2 rings (SSSR count). The van der Waals surface area contributed by atoms with E-state index < -0.39 is 0 Å². The van der Waals surface area contributed by atoms with Crippen LogP contribution in [0.25, 0.3) is 0 Å². The van der Waals surface area contributed by atoms with E-state index in [2.05, 4.69) is 0 Å². The lowest BCUT2D eigenvalue weighted by Gasteiger charge is -2.12. The standard InChI is InChI=1S/C8H13NO/c9-7(10)6-2-1-3-8(6)4-5-8/h6H,1-5H2,(H2,9,10)/t6-/m0/s1. The fourth-order valence-electron chi connectivity index (χ4n) is 2.34. The number of hydrogen-bond acceptors (Lipinski definition) is 1. The van der Waals surface area contributed by atoms with E-state index in [0.717, 1.165) is 6.42 Å². The van der Waals surface area contributed by atoms with Crippen molar-refractivity contribution in [3.05, 3.63) is 0 Å². The third-order valence-electron chi connectivity index (χ3n) is 3.14. The van der Waals surface area contributed by atoms with Gasteiger partial charge < -0.3 is 5.73 Å². The molecule has 56 valence electrons. The average molecular weight is 139 g/mol. The second-order valence-electron chi connectivity index (χ2n) is 3.71. The molecule has 0 aromatic rings. The zero-order chi connectivity index (χ0) is 7.19. The Bertz CT molecular complexity index is 172. The molecule has 0 unspecified atom stereocenters. The van der Waals surface area contributed by atoms with Gasteiger partial charge in [0.15, 0.2) is 0 Å². The van der Waals surface area contributed by atoms with E-state index in [4.69, 9.17) is 5.73 Å². The van der Waals surface area contributed by atoms with Gasteiger partial charge in [-0.2, -0.15) is 0 Å². The van der Waals surface area contributed by atoms with Gasteiger partial charge in [-0.1, -0.05) is 6.42 Å². The van der Waals surface area contributed by atoms with Crippen molar-refractivity contribution in [2.24, 2.45) is 17.1 Å². The molecule has 2 heteroatoms. The summed E-state index contributed by atoms with van der Waals surface area (Å²) in [6.07, 6.45) is 6.02. The second-order valence-corrected chi connectivity index (χ2v) is 3.71. The lowest BCUT2D eigenvalue weighted by molar-refractivity contribution is -0.123. The maximum atomic E-state index is 10.9. The van der Waals surface area contributed by atoms with E-state index in [9.17, 15) is 4.79 Å². The van der Waals surface area contributed by atoms with Crippen molar-refractivity contribution in [3.8, 4) is 0 Å². The first kappa shape index (κ1) is 6.20. The van der Waals surface area contributed by atoms with Crippen LogP contribution in [0.4, 0.5) is 0 Å². The lowest BCUT2D eigenvalue weighted by Crippen LogP contribution is -2.26. The van der Waals surface area contributed by atoms with Gasteiger partial charge in [-0.15, -0.1) is 0 Å². The summed E-state index contributed by atoms with van der Waals surface area (Å²) in [5, 5.41) is 0. The van der Waals surface area contributed by atoms with E-state index in [1.54, 1.807) is 0 Å². The normalized spacial score (nSPS) is 34.6. The summed E-state index contributed by atoms with van der Waals surface area (Å²) >= 11 is 0. The third-order valence-corrected chi connectivity index (χ3v) is 3.14. The Morgan fingerprint density at radius 1 is 1.40 bits per heavy atom. The van der Waals surface area contributed by atoms with Crippen LogP contribution in [0.1, 0.15) is 32.1 Å². The van der Waals surface area contributed by atoms with E-state index >= 15 is 0 Å². The highest BCUT2D eigenvalue weighted by Crippen LogP contribution is 2.61. The Morgan fingerprint density at radius 3 is 2.50 bits per heavy atom. The Hall–Kier alpha value is -0.530. The molecule has 0 aliphatic heterocycles. The summed E-state index contributed by atoms with van der Waals surface area (Å²) in [5.74, 6) is 0.169. The highest BCUT2D eigenvalue weighted by atomic mass is 16.1. The number of carbonyl (C=O) groups is 1. The lowest BCUT2D eigenvalue weighted by atomic mass is 9.92. The minimum atomic E-state index is -0.0602. The van der Waals surface area contributed by atoms with Crippen molar-refractivity contribution < 1.29 is 4.79 Å². The first-order chi connectivity index (χ1) is 4.75. The van der Waals surface area contributed by atoms with Gasteiger partial charge in [0, 0.05) is 5.92 Å². The van der Waals surface area contributed by atoms with Crippen LogP contribution in [-0.2, 0) is 4.79 Å². The quantitative estimate of drug-likeness (QED) is 0.579. The van der Waals surface area contributed by atoms with Crippen molar-refractivity contribution >= 4 is 5.91 Å². The van der Waals surface area contributed by atoms with Crippen molar-refractivity contribution in [1.82, 2.24) is 0 Å². The number of carbonyl (C=O) groups excluding carboxylic acids is 1. The molecule has 2 aliphatic carbocycles. The van der Waals surface area contributed by atoms with Crippen LogP contribution in [0.2, 0.25) is 0 Å². The summed E-state index contributed by atoms with van der Waals surface area (Å²) in [6, 6.07) is 0. The third kappa shape index (κ3) is 0.678. The van der Waals surface area contributed by atoms with Crippen LogP contribution < -0.4 is 5.73 Å². The van der Waals surface area contributed by atoms with Gasteiger partial charge in [0.1, 0.15) is 0 Å². The van der Waals surface area contributed by atoms with Gasteiger partial charge in [-0.25, -0.2) is 0 Å². The Balaban J connectivity index is 2.14. The van der Waals surface area contributed by atoms with E-state index in [-0.39, 0.29) is 11.8 Å². The maximum absolute atomic E-state index is 10.9. The van der Waals surface area contributed by atoms with E-state index in [1.165, 1.54) is 25.7 Å². The monoisotopic (exact) mass is 139 g/mol. The Morgan fingerprint density at radius 2 is 2.10 bits per heavy atom. The minimum Gasteiger partial charge on any atom is -0.369 e. The molecule has 2 fully saturated rings. The molecule has 0 aromatic heterocycles. The molecule has 1 spiro atoms. The van der Waals surface area contributed by atoms with Crippen molar-refractivity contribution in [2.75, 3.05) is 0 Å². The highest BCUT2D eigenvalue weighted by Gasteiger charge is 2.53. The molecule has 10 heavy (non-hydrogen) atoms. The van der Waals surface area contributed by atoms with Crippen LogP contribution in [-0.4, -0.2) is 5.91 Å². The van der Waals surface area contributed by atoms with Gasteiger partial charge in [0.05, 0.1) is 0 Å². The van der Waals surface area contributed by atoms with Gasteiger partial charge >= 0.3 is 0 Å². The molecular formula is C8H13NO. The van der Waals surface area contributed by atoms with E-state index in [0.29, 0.717) is 5.41 Å². The minimum absolute atomic E-state index is 0.0602. The fraction of sp³-hybridized carbons (Fsp3) is 0.875. The number of primary amides is 1. The van der Waals surface area contributed by atoms with Gasteiger partial charge in [-0.3, -0.25) is 4.79 Å². The molecule has 0 bridgehead atoms. The molecule has 2 saturated carbocycles. The topological polar surface area (TPSA) is 43.1 Å². The first-order valence-electron chi connectivity index (χ1n) is 4.04. The molecule has 0 heterocycles. The summed E-state index contributed by atoms with van der Waals surface area (Å²) in [7, 11) is 0. The smallest absolute Gasteiger partial charge is 0.221 e. The molecule has 1 amide bonds. The summed E-state index contributed by atoms with van der Waals surface area (Å²) in [6.45, 7) is 0. The molecule has 2 aliphatic rings. The van der Waals surface area contributed by atoms with Crippen molar-refractivity contribution in [2.45, 2.75) is 32.1 Å². The summed E-state index contributed by atoms with van der Waals surface area (Å²) in [4.78, 5) is 10.9. The molecule has 0 aromatic carbocycles. The molecular weight excluding hydrogens is 126 g/mol. The fourth-order valence-corrected chi connectivity index (χ4v) is 2.34. The molecule has 2 nitrogen and oxygen atoms in total. The molecule has 2 N–H and O–H groups in total. The summed E-state index contributed by atoms with van der Waals surface area (Å²) in [5.41, 5.74) is 5.68. The van der Waals surface area contributed by atoms with Gasteiger partial charge in [-0.05, 0) is 31.1 Å². The van der Waals surface area contributed by atoms with Crippen molar-refractivity contribution in [3.63, 3.8) is 0 Å². The van der Waals surface area contributed by atoms with Crippen LogP contribution in [0.15, 0.2) is 0 Å². The number of amides is 1. The van der Waals surface area contributed by atoms with E-state index in [1.807, 2.05) is 0 Å². The predicted octanol–water partition coefficient (Wildman–Crippen LogP) is 1.05. The maximum Gasteiger partial charge on any atom is 0.221 e. The summed E-state index contributed by atoms with van der Waals surface area (Å²) < 4.78 is 0. The molecule has 1 atom stereocenters. The largest absolute Gasteiger partial charge is 0.369 e. The van der Waals surface area contributed by atoms with Crippen LogP contribution in [0.5, 0.6) is 0 Å². The highest BCUT2D eigenvalue weighted by molar-refractivity contribution is 5.78. The van der Waals surface area contributed by atoms with Gasteiger partial charge in [0.25, 0.3) is 0 Å². The van der Waals surface area contributed by atoms with Crippen LogP contribution >= 0.6 is 0 Å². The Kier molecular flexibility index (Phi) is 1.08. The number of rotatable bonds is 1. The SMILES string of the molecule is NC(=O)[C@@H]1CCCC12CC2.